The number of carbonyl (C=O) groups is 2. The Morgan fingerprint density at radius 3 is 2.45 bits per heavy atom. The fourth-order valence-electron chi connectivity index (χ4n) is 2.66. The van der Waals surface area contributed by atoms with Gasteiger partial charge in [0.2, 0.25) is 11.8 Å². The standard InChI is InChI=1S/C16H31N3O3/c1-11(20)13-8-14(18-15(22)16(3,4)5)10-19(9-13)7-6-17-12(2)21/h11,13-14,20H,6-10H2,1-5H3,(H,17,21)(H,18,22). The normalized spacial score (nSPS) is 24.6. The Balaban J connectivity index is 2.60. The smallest absolute Gasteiger partial charge is 0.225 e. The monoisotopic (exact) mass is 313 g/mol. The molecule has 6 nitrogen and oxygen atoms in total. The van der Waals surface area contributed by atoms with Gasteiger partial charge in [0, 0.05) is 44.6 Å². The Labute approximate surface area is 133 Å². The Morgan fingerprint density at radius 1 is 1.32 bits per heavy atom. The van der Waals surface area contributed by atoms with E-state index in [1.54, 1.807) is 6.92 Å². The average Bonchev–Trinajstić information content (AvgIpc) is 2.36. The fraction of sp³-hybridized carbons (Fsp3) is 0.875. The van der Waals surface area contributed by atoms with Gasteiger partial charge < -0.3 is 15.7 Å². The Hall–Kier alpha value is -1.14. The highest BCUT2D eigenvalue weighted by molar-refractivity contribution is 5.81. The van der Waals surface area contributed by atoms with Crippen molar-refractivity contribution in [1.29, 1.82) is 0 Å². The number of carbonyl (C=O) groups excluding carboxylic acids is 2. The molecule has 3 atom stereocenters. The molecule has 6 heteroatoms. The van der Waals surface area contributed by atoms with Crippen LogP contribution in [-0.2, 0) is 9.59 Å². The first-order valence-corrected chi connectivity index (χ1v) is 8.05. The minimum absolute atomic E-state index is 0.0329. The van der Waals surface area contributed by atoms with Gasteiger partial charge in [-0.05, 0) is 19.3 Å². The van der Waals surface area contributed by atoms with Crippen molar-refractivity contribution in [3.05, 3.63) is 0 Å². The fourth-order valence-corrected chi connectivity index (χ4v) is 2.66. The SMILES string of the molecule is CC(=O)NCCN1CC(NC(=O)C(C)(C)C)CC(C(C)O)C1. The van der Waals surface area contributed by atoms with Gasteiger partial charge in [-0.2, -0.15) is 0 Å². The third kappa shape index (κ3) is 6.32. The topological polar surface area (TPSA) is 81.7 Å². The van der Waals surface area contributed by atoms with Crippen LogP contribution in [0.15, 0.2) is 0 Å². The van der Waals surface area contributed by atoms with Crippen molar-refractivity contribution in [2.45, 2.75) is 53.2 Å². The summed E-state index contributed by atoms with van der Waals surface area (Å²) in [4.78, 5) is 25.3. The molecular formula is C16H31N3O3. The Morgan fingerprint density at radius 2 is 1.95 bits per heavy atom. The van der Waals surface area contributed by atoms with Gasteiger partial charge in [-0.15, -0.1) is 0 Å². The van der Waals surface area contributed by atoms with Gasteiger partial charge in [0.15, 0.2) is 0 Å². The van der Waals surface area contributed by atoms with Crippen LogP contribution >= 0.6 is 0 Å². The van der Waals surface area contributed by atoms with Crippen LogP contribution in [0, 0.1) is 11.3 Å². The van der Waals surface area contributed by atoms with Crippen molar-refractivity contribution in [2.24, 2.45) is 11.3 Å². The minimum Gasteiger partial charge on any atom is -0.393 e. The maximum absolute atomic E-state index is 12.2. The molecule has 1 rings (SSSR count). The lowest BCUT2D eigenvalue weighted by molar-refractivity contribution is -0.130. The summed E-state index contributed by atoms with van der Waals surface area (Å²) in [6.07, 6.45) is 0.383. The Bertz CT molecular complexity index is 391. The molecular weight excluding hydrogens is 282 g/mol. The lowest BCUT2D eigenvalue weighted by atomic mass is 9.88. The zero-order valence-electron chi connectivity index (χ0n) is 14.5. The highest BCUT2D eigenvalue weighted by atomic mass is 16.3. The largest absolute Gasteiger partial charge is 0.393 e. The molecule has 1 aliphatic rings. The third-order valence-corrected chi connectivity index (χ3v) is 4.06. The highest BCUT2D eigenvalue weighted by Gasteiger charge is 2.32. The van der Waals surface area contributed by atoms with E-state index >= 15 is 0 Å². The number of likely N-dealkylation sites (tertiary alicyclic amines) is 1. The van der Waals surface area contributed by atoms with Gasteiger partial charge in [-0.1, -0.05) is 20.8 Å². The summed E-state index contributed by atoms with van der Waals surface area (Å²) < 4.78 is 0. The lowest BCUT2D eigenvalue weighted by Crippen LogP contribution is -2.55. The molecule has 1 heterocycles. The second-order valence-electron chi connectivity index (χ2n) is 7.40. The van der Waals surface area contributed by atoms with E-state index in [4.69, 9.17) is 0 Å². The number of hydrogen-bond acceptors (Lipinski definition) is 4. The minimum atomic E-state index is -0.418. The predicted molar refractivity (Wildman–Crippen MR) is 86.3 cm³/mol. The molecule has 0 saturated carbocycles. The van der Waals surface area contributed by atoms with Crippen molar-refractivity contribution >= 4 is 11.8 Å². The second-order valence-corrected chi connectivity index (χ2v) is 7.40. The van der Waals surface area contributed by atoms with Gasteiger partial charge >= 0.3 is 0 Å². The molecule has 2 amide bonds. The molecule has 3 N–H and O–H groups in total. The first kappa shape index (κ1) is 18.9. The first-order chi connectivity index (χ1) is 10.1. The molecule has 22 heavy (non-hydrogen) atoms. The molecule has 128 valence electrons. The summed E-state index contributed by atoms with van der Waals surface area (Å²) in [6.45, 7) is 11.8. The quantitative estimate of drug-likeness (QED) is 0.684. The zero-order valence-corrected chi connectivity index (χ0v) is 14.5. The number of amides is 2. The molecule has 0 spiro atoms. The number of aliphatic hydroxyl groups is 1. The summed E-state index contributed by atoms with van der Waals surface area (Å²) in [5.74, 6) is 0.128. The van der Waals surface area contributed by atoms with Gasteiger partial charge in [0.05, 0.1) is 6.10 Å². The van der Waals surface area contributed by atoms with Crippen molar-refractivity contribution < 1.29 is 14.7 Å². The third-order valence-electron chi connectivity index (χ3n) is 4.06. The molecule has 3 unspecified atom stereocenters. The summed E-state index contributed by atoms with van der Waals surface area (Å²) >= 11 is 0. The van der Waals surface area contributed by atoms with E-state index in [0.29, 0.717) is 6.54 Å². The molecule has 0 aromatic rings. The van der Waals surface area contributed by atoms with Crippen LogP contribution < -0.4 is 10.6 Å². The van der Waals surface area contributed by atoms with Crippen LogP contribution in [0.5, 0.6) is 0 Å². The molecule has 0 aliphatic carbocycles. The molecule has 0 aromatic carbocycles. The molecule has 1 fully saturated rings. The van der Waals surface area contributed by atoms with Gasteiger partial charge in [0.1, 0.15) is 0 Å². The van der Waals surface area contributed by atoms with E-state index in [1.807, 2.05) is 20.8 Å². The van der Waals surface area contributed by atoms with Crippen molar-refractivity contribution in [2.75, 3.05) is 26.2 Å². The summed E-state index contributed by atoms with van der Waals surface area (Å²) in [7, 11) is 0. The number of hydrogen-bond donors (Lipinski definition) is 3. The van der Waals surface area contributed by atoms with Crippen LogP contribution in [0.3, 0.4) is 0 Å². The molecule has 0 aromatic heterocycles. The lowest BCUT2D eigenvalue weighted by Gasteiger charge is -2.40. The summed E-state index contributed by atoms with van der Waals surface area (Å²) in [6, 6.07) is 0.0393. The molecule has 1 aliphatic heterocycles. The summed E-state index contributed by atoms with van der Waals surface area (Å²) in [5.41, 5.74) is -0.418. The van der Waals surface area contributed by atoms with Crippen LogP contribution in [0.1, 0.15) is 41.0 Å². The van der Waals surface area contributed by atoms with Crippen LogP contribution in [0.4, 0.5) is 0 Å². The van der Waals surface area contributed by atoms with E-state index in [0.717, 1.165) is 26.1 Å². The van der Waals surface area contributed by atoms with E-state index in [-0.39, 0.29) is 23.8 Å². The summed E-state index contributed by atoms with van der Waals surface area (Å²) in [5, 5.41) is 15.8. The number of nitrogens with zero attached hydrogens (tertiary/aromatic N) is 1. The Kier molecular flexibility index (Phi) is 6.81. The van der Waals surface area contributed by atoms with Crippen LogP contribution in [-0.4, -0.2) is 60.1 Å². The molecule has 0 bridgehead atoms. The maximum Gasteiger partial charge on any atom is 0.225 e. The second kappa shape index (κ2) is 7.92. The van der Waals surface area contributed by atoms with Crippen LogP contribution in [0.2, 0.25) is 0 Å². The van der Waals surface area contributed by atoms with Crippen molar-refractivity contribution in [3.63, 3.8) is 0 Å². The van der Waals surface area contributed by atoms with E-state index in [9.17, 15) is 14.7 Å². The number of piperidine rings is 1. The van der Waals surface area contributed by atoms with Crippen molar-refractivity contribution in [1.82, 2.24) is 15.5 Å². The first-order valence-electron chi connectivity index (χ1n) is 8.05. The van der Waals surface area contributed by atoms with E-state index in [2.05, 4.69) is 15.5 Å². The van der Waals surface area contributed by atoms with E-state index in [1.165, 1.54) is 6.92 Å². The predicted octanol–water partition coefficient (Wildman–Crippen LogP) is 0.356. The van der Waals surface area contributed by atoms with Crippen molar-refractivity contribution in [3.8, 4) is 0 Å². The molecule has 0 radical (unpaired) electrons. The van der Waals surface area contributed by atoms with Gasteiger partial charge in [-0.3, -0.25) is 14.5 Å². The van der Waals surface area contributed by atoms with E-state index < -0.39 is 11.5 Å². The van der Waals surface area contributed by atoms with Gasteiger partial charge in [-0.25, -0.2) is 0 Å². The van der Waals surface area contributed by atoms with Crippen LogP contribution in [0.25, 0.3) is 0 Å². The van der Waals surface area contributed by atoms with Gasteiger partial charge in [0.25, 0.3) is 0 Å². The average molecular weight is 313 g/mol. The maximum atomic E-state index is 12.2. The number of nitrogens with one attached hydrogen (secondary N) is 2. The molecule has 1 saturated heterocycles. The zero-order chi connectivity index (χ0) is 16.9. The number of aliphatic hydroxyl groups excluding tert-OH is 1. The number of rotatable bonds is 5. The highest BCUT2D eigenvalue weighted by Crippen LogP contribution is 2.21.